The molecule has 0 aliphatic carbocycles. The van der Waals surface area contributed by atoms with Crippen molar-refractivity contribution in [3.8, 4) is 11.5 Å². The lowest BCUT2D eigenvalue weighted by Gasteiger charge is -2.11. The zero-order valence-corrected chi connectivity index (χ0v) is 9.57. The maximum Gasteiger partial charge on any atom is 0.177 e. The molecule has 1 aromatic carbocycles. The van der Waals surface area contributed by atoms with E-state index < -0.39 is 0 Å². The van der Waals surface area contributed by atoms with Crippen LogP contribution >= 0.6 is 0 Å². The van der Waals surface area contributed by atoms with E-state index in [0.29, 0.717) is 17.1 Å². The number of ketones is 2. The molecule has 0 spiro atoms. The summed E-state index contributed by atoms with van der Waals surface area (Å²) in [5.74, 6) is 0.371. The van der Waals surface area contributed by atoms with E-state index in [1.807, 2.05) is 0 Å². The fourth-order valence-corrected chi connectivity index (χ4v) is 1.44. The van der Waals surface area contributed by atoms with Crippen LogP contribution in [0.25, 0.3) is 0 Å². The van der Waals surface area contributed by atoms with Gasteiger partial charge in [0.25, 0.3) is 0 Å². The molecule has 4 nitrogen and oxygen atoms in total. The molecule has 0 saturated heterocycles. The van der Waals surface area contributed by atoms with Crippen LogP contribution in [0.1, 0.15) is 23.7 Å². The monoisotopic (exact) mass is 222 g/mol. The molecule has 0 heterocycles. The summed E-state index contributed by atoms with van der Waals surface area (Å²) >= 11 is 0. The van der Waals surface area contributed by atoms with Crippen molar-refractivity contribution < 1.29 is 19.1 Å². The third-order valence-electron chi connectivity index (χ3n) is 2.12. The molecule has 4 heteroatoms. The predicted molar refractivity (Wildman–Crippen MR) is 59.2 cm³/mol. The Kier molecular flexibility index (Phi) is 4.05. The normalized spacial score (nSPS) is 9.69. The average molecular weight is 222 g/mol. The SMILES string of the molecule is COc1cccc(OC)c1C(=O)CC(C)=O. The zero-order valence-electron chi connectivity index (χ0n) is 9.57. The van der Waals surface area contributed by atoms with Crippen LogP contribution in [0.3, 0.4) is 0 Å². The van der Waals surface area contributed by atoms with Crippen molar-refractivity contribution in [1.29, 1.82) is 0 Å². The fraction of sp³-hybridized carbons (Fsp3) is 0.333. The highest BCUT2D eigenvalue weighted by Gasteiger charge is 2.18. The highest BCUT2D eigenvalue weighted by atomic mass is 16.5. The molecule has 0 aliphatic rings. The lowest BCUT2D eigenvalue weighted by molar-refractivity contribution is -0.116. The van der Waals surface area contributed by atoms with Crippen molar-refractivity contribution in [1.82, 2.24) is 0 Å². The van der Waals surface area contributed by atoms with Gasteiger partial charge in [-0.1, -0.05) is 6.07 Å². The van der Waals surface area contributed by atoms with E-state index in [-0.39, 0.29) is 18.0 Å². The minimum atomic E-state index is -0.290. The van der Waals surface area contributed by atoms with Gasteiger partial charge in [0.05, 0.1) is 20.6 Å². The molecule has 0 fully saturated rings. The van der Waals surface area contributed by atoms with Gasteiger partial charge >= 0.3 is 0 Å². The second-order valence-electron chi connectivity index (χ2n) is 3.34. The van der Waals surface area contributed by atoms with Crippen molar-refractivity contribution in [2.45, 2.75) is 13.3 Å². The molecule has 0 radical (unpaired) electrons. The van der Waals surface area contributed by atoms with Gasteiger partial charge in [-0.2, -0.15) is 0 Å². The molecule has 1 aromatic rings. The Labute approximate surface area is 94.2 Å². The van der Waals surface area contributed by atoms with Crippen molar-refractivity contribution in [2.24, 2.45) is 0 Å². The first-order chi connectivity index (χ1) is 7.60. The Morgan fingerprint density at radius 2 is 1.62 bits per heavy atom. The molecule has 0 saturated carbocycles. The summed E-state index contributed by atoms with van der Waals surface area (Å²) in [7, 11) is 2.94. The van der Waals surface area contributed by atoms with Crippen LogP contribution in [-0.2, 0) is 4.79 Å². The van der Waals surface area contributed by atoms with E-state index >= 15 is 0 Å². The van der Waals surface area contributed by atoms with Gasteiger partial charge in [-0.15, -0.1) is 0 Å². The second-order valence-corrected chi connectivity index (χ2v) is 3.34. The molecule has 0 bridgehead atoms. The molecule has 0 atom stereocenters. The van der Waals surface area contributed by atoms with E-state index in [1.165, 1.54) is 21.1 Å². The molecule has 0 amide bonds. The van der Waals surface area contributed by atoms with Crippen LogP contribution in [0.4, 0.5) is 0 Å². The maximum absolute atomic E-state index is 11.8. The van der Waals surface area contributed by atoms with Gasteiger partial charge in [-0.25, -0.2) is 0 Å². The number of benzene rings is 1. The summed E-state index contributed by atoms with van der Waals surface area (Å²) in [6, 6.07) is 5.05. The Balaban J connectivity index is 3.17. The van der Waals surface area contributed by atoms with Crippen LogP contribution in [0.2, 0.25) is 0 Å². The quantitative estimate of drug-likeness (QED) is 0.563. The van der Waals surface area contributed by atoms with Gasteiger partial charge in [0.15, 0.2) is 5.78 Å². The Hall–Kier alpha value is -1.84. The highest BCUT2D eigenvalue weighted by Crippen LogP contribution is 2.29. The Bertz CT molecular complexity index is 387. The summed E-state index contributed by atoms with van der Waals surface area (Å²) in [5, 5.41) is 0. The minimum Gasteiger partial charge on any atom is -0.496 e. The smallest absolute Gasteiger partial charge is 0.177 e. The number of hydrogen-bond acceptors (Lipinski definition) is 4. The van der Waals surface area contributed by atoms with Gasteiger partial charge in [0, 0.05) is 0 Å². The van der Waals surface area contributed by atoms with Crippen LogP contribution in [0.15, 0.2) is 18.2 Å². The standard InChI is InChI=1S/C12H14O4/c1-8(13)7-9(14)12-10(15-2)5-4-6-11(12)16-3/h4-6H,7H2,1-3H3. The summed E-state index contributed by atoms with van der Waals surface area (Å²) in [4.78, 5) is 22.8. The van der Waals surface area contributed by atoms with Gasteiger partial charge in [0.2, 0.25) is 0 Å². The van der Waals surface area contributed by atoms with Crippen LogP contribution < -0.4 is 9.47 Å². The predicted octanol–water partition coefficient (Wildman–Crippen LogP) is 1.87. The summed E-state index contributed by atoms with van der Waals surface area (Å²) < 4.78 is 10.2. The van der Waals surface area contributed by atoms with E-state index in [9.17, 15) is 9.59 Å². The molecular formula is C12H14O4. The molecule has 0 N–H and O–H groups in total. The van der Waals surface area contributed by atoms with Crippen molar-refractivity contribution in [2.75, 3.05) is 14.2 Å². The third kappa shape index (κ3) is 2.59. The van der Waals surface area contributed by atoms with Crippen molar-refractivity contribution in [3.05, 3.63) is 23.8 Å². The third-order valence-corrected chi connectivity index (χ3v) is 2.12. The van der Waals surface area contributed by atoms with E-state index in [1.54, 1.807) is 18.2 Å². The molecule has 0 aromatic heterocycles. The molecular weight excluding hydrogens is 208 g/mol. The summed E-state index contributed by atoms with van der Waals surface area (Å²) in [6.45, 7) is 1.37. The highest BCUT2D eigenvalue weighted by molar-refractivity contribution is 6.10. The summed E-state index contributed by atoms with van der Waals surface area (Å²) in [5.41, 5.74) is 0.322. The van der Waals surface area contributed by atoms with Crippen molar-refractivity contribution >= 4 is 11.6 Å². The maximum atomic E-state index is 11.8. The van der Waals surface area contributed by atoms with E-state index in [4.69, 9.17) is 9.47 Å². The minimum absolute atomic E-state index is 0.142. The summed E-state index contributed by atoms with van der Waals surface area (Å²) in [6.07, 6.45) is -0.142. The first-order valence-corrected chi connectivity index (χ1v) is 4.83. The Morgan fingerprint density at radius 3 is 2.00 bits per heavy atom. The molecule has 0 unspecified atom stereocenters. The number of methoxy groups -OCH3 is 2. The van der Waals surface area contributed by atoms with Crippen LogP contribution in [0, 0.1) is 0 Å². The second kappa shape index (κ2) is 5.30. The Morgan fingerprint density at radius 1 is 1.12 bits per heavy atom. The number of carbonyl (C=O) groups excluding carboxylic acids is 2. The lowest BCUT2D eigenvalue weighted by Crippen LogP contribution is -2.08. The lowest BCUT2D eigenvalue weighted by atomic mass is 10.0. The number of ether oxygens (including phenoxy) is 2. The van der Waals surface area contributed by atoms with E-state index in [2.05, 4.69) is 0 Å². The first-order valence-electron chi connectivity index (χ1n) is 4.83. The van der Waals surface area contributed by atoms with Gasteiger partial charge in [0.1, 0.15) is 22.8 Å². The number of Topliss-reactive ketones (excluding diaryl/α,β-unsaturated/α-hetero) is 2. The molecule has 16 heavy (non-hydrogen) atoms. The number of hydrogen-bond donors (Lipinski definition) is 0. The number of carbonyl (C=O) groups is 2. The molecule has 1 rings (SSSR count). The van der Waals surface area contributed by atoms with Gasteiger partial charge in [-0.05, 0) is 19.1 Å². The van der Waals surface area contributed by atoms with Crippen molar-refractivity contribution in [3.63, 3.8) is 0 Å². The van der Waals surface area contributed by atoms with Crippen LogP contribution in [-0.4, -0.2) is 25.8 Å². The molecule has 86 valence electrons. The van der Waals surface area contributed by atoms with Crippen LogP contribution in [0.5, 0.6) is 11.5 Å². The van der Waals surface area contributed by atoms with Gasteiger partial charge in [-0.3, -0.25) is 9.59 Å². The average Bonchev–Trinajstić information content (AvgIpc) is 2.26. The first kappa shape index (κ1) is 12.2. The fourth-order valence-electron chi connectivity index (χ4n) is 1.44. The molecule has 0 aliphatic heterocycles. The zero-order chi connectivity index (χ0) is 12.1. The topological polar surface area (TPSA) is 52.6 Å². The van der Waals surface area contributed by atoms with E-state index in [0.717, 1.165) is 0 Å². The van der Waals surface area contributed by atoms with Gasteiger partial charge < -0.3 is 9.47 Å². The largest absolute Gasteiger partial charge is 0.496 e. The number of rotatable bonds is 5.